The molecule has 0 radical (unpaired) electrons. The second-order valence-corrected chi connectivity index (χ2v) is 6.89. The highest BCUT2D eigenvalue weighted by molar-refractivity contribution is 7.91. The van der Waals surface area contributed by atoms with Gasteiger partial charge in [0.2, 0.25) is 0 Å². The molecule has 1 N–H and O–H groups in total. The smallest absolute Gasteiger partial charge is 0.180 e. The van der Waals surface area contributed by atoms with E-state index in [-0.39, 0.29) is 5.75 Å². The van der Waals surface area contributed by atoms with Gasteiger partial charge in [0.1, 0.15) is 0 Å². The third-order valence-electron chi connectivity index (χ3n) is 3.06. The molecule has 0 aliphatic heterocycles. The van der Waals surface area contributed by atoms with Crippen molar-refractivity contribution in [1.82, 2.24) is 0 Å². The molecule has 0 fully saturated rings. The highest BCUT2D eigenvalue weighted by atomic mass is 32.2. The highest BCUT2D eigenvalue weighted by Crippen LogP contribution is 2.21. The molecule has 0 atom stereocenters. The standard InChI is InChI=1S/C15H25NO4S/c1-3-21(17,18)15-9-5-4-8-14(15)16-10-6-7-11-20-13-12-19-2/h4-5,8-9,16H,3,6-7,10-13H2,1-2H3. The van der Waals surface area contributed by atoms with E-state index in [4.69, 9.17) is 9.47 Å². The third-order valence-corrected chi connectivity index (χ3v) is 4.85. The molecule has 5 nitrogen and oxygen atoms in total. The first-order valence-corrected chi connectivity index (χ1v) is 8.89. The van der Waals surface area contributed by atoms with Crippen molar-refractivity contribution in [1.29, 1.82) is 0 Å². The van der Waals surface area contributed by atoms with Crippen LogP contribution < -0.4 is 5.32 Å². The zero-order valence-electron chi connectivity index (χ0n) is 12.8. The largest absolute Gasteiger partial charge is 0.384 e. The van der Waals surface area contributed by atoms with Crippen LogP contribution in [0.4, 0.5) is 5.69 Å². The van der Waals surface area contributed by atoms with Crippen LogP contribution in [-0.4, -0.2) is 47.6 Å². The summed E-state index contributed by atoms with van der Waals surface area (Å²) in [5, 5.41) is 3.20. The Hall–Kier alpha value is -1.11. The molecule has 0 unspecified atom stereocenters. The van der Waals surface area contributed by atoms with Gasteiger partial charge in [0.05, 0.1) is 29.5 Å². The van der Waals surface area contributed by atoms with Gasteiger partial charge in [-0.15, -0.1) is 0 Å². The number of hydrogen-bond donors (Lipinski definition) is 1. The fraction of sp³-hybridized carbons (Fsp3) is 0.600. The van der Waals surface area contributed by atoms with Gasteiger partial charge in [0, 0.05) is 20.3 Å². The lowest BCUT2D eigenvalue weighted by Gasteiger charge is -2.11. The summed E-state index contributed by atoms with van der Waals surface area (Å²) in [7, 11) is -1.54. The van der Waals surface area contributed by atoms with Crippen LogP contribution in [-0.2, 0) is 19.3 Å². The van der Waals surface area contributed by atoms with E-state index in [9.17, 15) is 8.42 Å². The maximum atomic E-state index is 12.0. The van der Waals surface area contributed by atoms with E-state index in [2.05, 4.69) is 5.32 Å². The maximum Gasteiger partial charge on any atom is 0.180 e. The second kappa shape index (κ2) is 9.76. The number of hydrogen-bond acceptors (Lipinski definition) is 5. The Labute approximate surface area is 127 Å². The van der Waals surface area contributed by atoms with Gasteiger partial charge >= 0.3 is 0 Å². The van der Waals surface area contributed by atoms with Crippen molar-refractivity contribution in [3.05, 3.63) is 24.3 Å². The summed E-state index contributed by atoms with van der Waals surface area (Å²) in [5.74, 6) is 0.110. The van der Waals surface area contributed by atoms with Crippen LogP contribution in [0.25, 0.3) is 0 Å². The zero-order chi connectivity index (χ0) is 15.6. The van der Waals surface area contributed by atoms with E-state index in [1.54, 1.807) is 32.2 Å². The molecule has 0 spiro atoms. The van der Waals surface area contributed by atoms with Crippen molar-refractivity contribution in [2.45, 2.75) is 24.7 Å². The van der Waals surface area contributed by atoms with E-state index in [0.29, 0.717) is 30.4 Å². The van der Waals surface area contributed by atoms with Crippen molar-refractivity contribution < 1.29 is 17.9 Å². The summed E-state index contributed by atoms with van der Waals surface area (Å²) in [6.07, 6.45) is 1.85. The Morgan fingerprint density at radius 2 is 1.86 bits per heavy atom. The Kier molecular flexibility index (Phi) is 8.34. The van der Waals surface area contributed by atoms with Crippen molar-refractivity contribution >= 4 is 15.5 Å². The number of unbranched alkanes of at least 4 members (excludes halogenated alkanes) is 1. The Morgan fingerprint density at radius 1 is 1.10 bits per heavy atom. The van der Waals surface area contributed by atoms with Gasteiger partial charge in [-0.3, -0.25) is 0 Å². The fourth-order valence-electron chi connectivity index (χ4n) is 1.84. The lowest BCUT2D eigenvalue weighted by Crippen LogP contribution is -2.10. The van der Waals surface area contributed by atoms with Crippen LogP contribution in [0, 0.1) is 0 Å². The monoisotopic (exact) mass is 315 g/mol. The minimum absolute atomic E-state index is 0.110. The van der Waals surface area contributed by atoms with E-state index in [1.807, 2.05) is 6.07 Å². The number of methoxy groups -OCH3 is 1. The minimum Gasteiger partial charge on any atom is -0.384 e. The molecular weight excluding hydrogens is 290 g/mol. The van der Waals surface area contributed by atoms with E-state index < -0.39 is 9.84 Å². The van der Waals surface area contributed by atoms with Gasteiger partial charge in [0.15, 0.2) is 9.84 Å². The summed E-state index contributed by atoms with van der Waals surface area (Å²) in [6, 6.07) is 7.04. The Morgan fingerprint density at radius 3 is 2.57 bits per heavy atom. The number of sulfone groups is 1. The van der Waals surface area contributed by atoms with Crippen LogP contribution in [0.2, 0.25) is 0 Å². The van der Waals surface area contributed by atoms with Gasteiger partial charge in [-0.1, -0.05) is 19.1 Å². The number of anilines is 1. The molecule has 0 aliphatic rings. The molecule has 1 aromatic rings. The highest BCUT2D eigenvalue weighted by Gasteiger charge is 2.15. The quantitative estimate of drug-likeness (QED) is 0.635. The zero-order valence-corrected chi connectivity index (χ0v) is 13.6. The van der Waals surface area contributed by atoms with Crippen molar-refractivity contribution in [2.24, 2.45) is 0 Å². The Bertz CT molecular complexity index is 502. The molecule has 6 heteroatoms. The first kappa shape index (κ1) is 17.9. The van der Waals surface area contributed by atoms with Gasteiger partial charge in [-0.2, -0.15) is 0 Å². The molecule has 0 saturated heterocycles. The molecule has 21 heavy (non-hydrogen) atoms. The van der Waals surface area contributed by atoms with E-state index in [0.717, 1.165) is 19.4 Å². The average molecular weight is 315 g/mol. The van der Waals surface area contributed by atoms with Gasteiger partial charge in [-0.05, 0) is 25.0 Å². The number of nitrogens with one attached hydrogen (secondary N) is 1. The molecule has 0 heterocycles. The van der Waals surface area contributed by atoms with Gasteiger partial charge in [-0.25, -0.2) is 8.42 Å². The molecule has 0 aliphatic carbocycles. The normalized spacial score (nSPS) is 11.5. The third kappa shape index (κ3) is 6.46. The molecule has 0 saturated carbocycles. The summed E-state index contributed by atoms with van der Waals surface area (Å²) in [5.41, 5.74) is 0.680. The lowest BCUT2D eigenvalue weighted by atomic mass is 10.3. The summed E-state index contributed by atoms with van der Waals surface area (Å²) in [6.45, 7) is 4.30. The first-order valence-electron chi connectivity index (χ1n) is 7.24. The van der Waals surface area contributed by atoms with Crippen molar-refractivity contribution in [2.75, 3.05) is 44.5 Å². The predicted molar refractivity (Wildman–Crippen MR) is 84.6 cm³/mol. The summed E-state index contributed by atoms with van der Waals surface area (Å²) < 4.78 is 34.2. The van der Waals surface area contributed by atoms with Gasteiger partial charge < -0.3 is 14.8 Å². The molecule has 0 aromatic heterocycles. The van der Waals surface area contributed by atoms with E-state index in [1.165, 1.54) is 0 Å². The van der Waals surface area contributed by atoms with Gasteiger partial charge in [0.25, 0.3) is 0 Å². The number of rotatable bonds is 11. The number of ether oxygens (including phenoxy) is 2. The minimum atomic E-state index is -3.19. The van der Waals surface area contributed by atoms with Crippen LogP contribution >= 0.6 is 0 Å². The SMILES string of the molecule is CCS(=O)(=O)c1ccccc1NCCCCOCCOC. The summed E-state index contributed by atoms with van der Waals surface area (Å²) >= 11 is 0. The maximum absolute atomic E-state index is 12.0. The molecule has 120 valence electrons. The molecule has 1 aromatic carbocycles. The number of para-hydroxylation sites is 1. The van der Waals surface area contributed by atoms with Crippen LogP contribution in [0.5, 0.6) is 0 Å². The molecular formula is C15H25NO4S. The lowest BCUT2D eigenvalue weighted by molar-refractivity contribution is 0.0691. The first-order chi connectivity index (χ1) is 10.1. The molecule has 1 rings (SSSR count). The number of benzene rings is 1. The molecule has 0 amide bonds. The van der Waals surface area contributed by atoms with Crippen molar-refractivity contribution in [3.63, 3.8) is 0 Å². The Balaban J connectivity index is 2.36. The topological polar surface area (TPSA) is 64.6 Å². The van der Waals surface area contributed by atoms with Crippen molar-refractivity contribution in [3.8, 4) is 0 Å². The molecule has 0 bridgehead atoms. The van der Waals surface area contributed by atoms with E-state index >= 15 is 0 Å². The fourth-order valence-corrected chi connectivity index (χ4v) is 2.91. The predicted octanol–water partition coefficient (Wildman–Crippen LogP) is 2.34. The second-order valence-electron chi connectivity index (χ2n) is 4.64. The van der Waals surface area contributed by atoms with Crippen LogP contribution in [0.15, 0.2) is 29.2 Å². The van der Waals surface area contributed by atoms with Crippen LogP contribution in [0.3, 0.4) is 0 Å². The summed E-state index contributed by atoms with van der Waals surface area (Å²) in [4.78, 5) is 0.379. The average Bonchev–Trinajstić information content (AvgIpc) is 2.50. The van der Waals surface area contributed by atoms with Crippen LogP contribution in [0.1, 0.15) is 19.8 Å².